The second-order valence-electron chi connectivity index (χ2n) is 5.20. The van der Waals surface area contributed by atoms with Gasteiger partial charge in [-0.05, 0) is 37.3 Å². The Kier molecular flexibility index (Phi) is 5.04. The van der Waals surface area contributed by atoms with E-state index in [1.54, 1.807) is 13.0 Å². The summed E-state index contributed by atoms with van der Waals surface area (Å²) in [5.74, 6) is -0.443. The average Bonchev–Trinajstić information content (AvgIpc) is 2.56. The Morgan fingerprint density at radius 2 is 2.08 bits per heavy atom. The molecule has 0 unspecified atom stereocenters. The molecule has 2 N–H and O–H groups in total. The predicted octanol–water partition coefficient (Wildman–Crippen LogP) is 4.79. The first-order valence-corrected chi connectivity index (χ1v) is 8.26. The number of benzene rings is 2. The summed E-state index contributed by atoms with van der Waals surface area (Å²) in [7, 11) is 0. The molecule has 0 bridgehead atoms. The lowest BCUT2D eigenvalue weighted by Gasteiger charge is -2.11. The molecule has 3 rings (SSSR count). The summed E-state index contributed by atoms with van der Waals surface area (Å²) in [6.45, 7) is 1.71. The van der Waals surface area contributed by atoms with E-state index in [0.717, 1.165) is 10.2 Å². The van der Waals surface area contributed by atoms with Crippen LogP contribution in [0.3, 0.4) is 0 Å². The first kappa shape index (κ1) is 17.0. The Morgan fingerprint density at radius 3 is 2.84 bits per heavy atom. The Bertz CT molecular complexity index is 974. The Labute approximate surface area is 152 Å². The summed E-state index contributed by atoms with van der Waals surface area (Å²) in [5.41, 5.74) is 1.33. The second-order valence-corrected chi connectivity index (χ2v) is 6.11. The predicted molar refractivity (Wildman–Crippen MR) is 100 cm³/mol. The highest BCUT2D eigenvalue weighted by molar-refractivity contribution is 9.10. The zero-order chi connectivity index (χ0) is 17.8. The van der Waals surface area contributed by atoms with Gasteiger partial charge < -0.3 is 10.6 Å². The number of hydrogen-bond acceptors (Lipinski definition) is 4. The molecular formula is C18H14BrFN4O. The van der Waals surface area contributed by atoms with Crippen molar-refractivity contribution in [3.05, 3.63) is 65.2 Å². The van der Waals surface area contributed by atoms with Crippen LogP contribution in [0.15, 0.2) is 59.4 Å². The number of allylic oxidation sites excluding steroid dienone is 1. The van der Waals surface area contributed by atoms with Crippen LogP contribution in [0.1, 0.15) is 6.92 Å². The lowest BCUT2D eigenvalue weighted by Crippen LogP contribution is -2.09. The highest BCUT2D eigenvalue weighted by Crippen LogP contribution is 2.28. The minimum atomic E-state index is -0.558. The normalized spacial score (nSPS) is 11.0. The quantitative estimate of drug-likeness (QED) is 0.617. The van der Waals surface area contributed by atoms with Crippen LogP contribution in [0.4, 0.5) is 21.6 Å². The van der Waals surface area contributed by atoms with Crippen molar-refractivity contribution >= 4 is 49.9 Å². The Hall–Kier alpha value is -2.80. The third-order valence-corrected chi connectivity index (χ3v) is 3.88. The van der Waals surface area contributed by atoms with Gasteiger partial charge in [0.2, 0.25) is 5.91 Å². The van der Waals surface area contributed by atoms with Crippen LogP contribution in [0.25, 0.3) is 10.9 Å². The molecule has 3 aromatic rings. The molecule has 0 aliphatic heterocycles. The number of hydrogen-bond donors (Lipinski definition) is 2. The SMILES string of the molecule is C/C=C/C(=O)Nc1cc2c(Nc3cccc(Br)c3)ncnc2cc1F. The molecule has 0 atom stereocenters. The molecule has 0 fully saturated rings. The van der Waals surface area contributed by atoms with Gasteiger partial charge in [0, 0.05) is 21.6 Å². The zero-order valence-corrected chi connectivity index (χ0v) is 14.8. The van der Waals surface area contributed by atoms with Gasteiger partial charge in [0.1, 0.15) is 18.0 Å². The van der Waals surface area contributed by atoms with E-state index in [0.29, 0.717) is 16.7 Å². The summed E-state index contributed by atoms with van der Waals surface area (Å²) < 4.78 is 15.1. The first-order chi connectivity index (χ1) is 12.1. The van der Waals surface area contributed by atoms with Crippen LogP contribution >= 0.6 is 15.9 Å². The molecule has 1 amide bonds. The highest BCUT2D eigenvalue weighted by Gasteiger charge is 2.11. The van der Waals surface area contributed by atoms with E-state index in [9.17, 15) is 9.18 Å². The Balaban J connectivity index is 2.02. The molecule has 7 heteroatoms. The largest absolute Gasteiger partial charge is 0.340 e. The molecule has 0 saturated carbocycles. The molecule has 2 aromatic carbocycles. The van der Waals surface area contributed by atoms with E-state index < -0.39 is 11.7 Å². The zero-order valence-electron chi connectivity index (χ0n) is 13.3. The van der Waals surface area contributed by atoms with Gasteiger partial charge >= 0.3 is 0 Å². The molecule has 25 heavy (non-hydrogen) atoms. The summed E-state index contributed by atoms with van der Waals surface area (Å²) in [6, 6.07) is 10.4. The van der Waals surface area contributed by atoms with E-state index in [4.69, 9.17) is 0 Å². The highest BCUT2D eigenvalue weighted by atomic mass is 79.9. The van der Waals surface area contributed by atoms with Gasteiger partial charge in [-0.3, -0.25) is 4.79 Å². The van der Waals surface area contributed by atoms with Gasteiger partial charge in [-0.15, -0.1) is 0 Å². The van der Waals surface area contributed by atoms with Crippen LogP contribution < -0.4 is 10.6 Å². The third-order valence-electron chi connectivity index (χ3n) is 3.39. The lowest BCUT2D eigenvalue weighted by molar-refractivity contribution is -0.111. The Morgan fingerprint density at radius 1 is 1.24 bits per heavy atom. The van der Waals surface area contributed by atoms with E-state index in [2.05, 4.69) is 36.5 Å². The molecule has 126 valence electrons. The van der Waals surface area contributed by atoms with Crippen molar-refractivity contribution in [3.63, 3.8) is 0 Å². The molecule has 1 heterocycles. The first-order valence-electron chi connectivity index (χ1n) is 7.47. The molecule has 0 aliphatic rings. The maximum absolute atomic E-state index is 14.2. The van der Waals surface area contributed by atoms with Crippen LogP contribution in [-0.4, -0.2) is 15.9 Å². The van der Waals surface area contributed by atoms with Crippen molar-refractivity contribution < 1.29 is 9.18 Å². The fourth-order valence-corrected chi connectivity index (χ4v) is 2.70. The monoisotopic (exact) mass is 400 g/mol. The van der Waals surface area contributed by atoms with Crippen molar-refractivity contribution in [2.75, 3.05) is 10.6 Å². The third kappa shape index (κ3) is 4.00. The maximum atomic E-state index is 14.2. The van der Waals surface area contributed by atoms with Crippen molar-refractivity contribution in [2.45, 2.75) is 6.92 Å². The molecule has 5 nitrogen and oxygen atoms in total. The van der Waals surface area contributed by atoms with Crippen LogP contribution in [0.5, 0.6) is 0 Å². The lowest BCUT2D eigenvalue weighted by atomic mass is 10.2. The summed E-state index contributed by atoms with van der Waals surface area (Å²) >= 11 is 3.41. The van der Waals surface area contributed by atoms with Gasteiger partial charge in [0.05, 0.1) is 11.2 Å². The number of anilines is 3. The van der Waals surface area contributed by atoms with Crippen molar-refractivity contribution in [2.24, 2.45) is 0 Å². The molecule has 0 saturated heterocycles. The smallest absolute Gasteiger partial charge is 0.248 e. The number of aromatic nitrogens is 2. The van der Waals surface area contributed by atoms with Gasteiger partial charge in [-0.2, -0.15) is 0 Å². The number of fused-ring (bicyclic) bond motifs is 1. The van der Waals surface area contributed by atoms with E-state index in [1.807, 2.05) is 24.3 Å². The number of nitrogens with one attached hydrogen (secondary N) is 2. The summed E-state index contributed by atoms with van der Waals surface area (Å²) in [5, 5.41) is 6.29. The standard InChI is InChI=1S/C18H14BrFN4O/c1-2-4-17(25)24-16-8-13-15(9-14(16)20)21-10-22-18(13)23-12-6-3-5-11(19)7-12/h2-10H,1H3,(H,24,25)(H,21,22,23)/b4-2+. The number of halogens is 2. The maximum Gasteiger partial charge on any atom is 0.248 e. The number of rotatable bonds is 4. The van der Waals surface area contributed by atoms with Gasteiger partial charge in [0.15, 0.2) is 0 Å². The second kappa shape index (κ2) is 7.40. The molecule has 1 aromatic heterocycles. The fraction of sp³-hybridized carbons (Fsp3) is 0.0556. The minimum absolute atomic E-state index is 0.0719. The van der Waals surface area contributed by atoms with E-state index >= 15 is 0 Å². The van der Waals surface area contributed by atoms with Crippen molar-refractivity contribution in [3.8, 4) is 0 Å². The van der Waals surface area contributed by atoms with E-state index in [1.165, 1.54) is 24.5 Å². The van der Waals surface area contributed by atoms with E-state index in [-0.39, 0.29) is 5.69 Å². The average molecular weight is 401 g/mol. The van der Waals surface area contributed by atoms with Crippen LogP contribution in [-0.2, 0) is 4.79 Å². The van der Waals surface area contributed by atoms with Crippen molar-refractivity contribution in [1.82, 2.24) is 9.97 Å². The number of carbonyl (C=O) groups excluding carboxylic acids is 1. The van der Waals surface area contributed by atoms with Crippen molar-refractivity contribution in [1.29, 1.82) is 0 Å². The number of carbonyl (C=O) groups is 1. The van der Waals surface area contributed by atoms with Gasteiger partial charge in [-0.25, -0.2) is 14.4 Å². The van der Waals surface area contributed by atoms with Crippen LogP contribution in [0, 0.1) is 5.82 Å². The molecule has 0 radical (unpaired) electrons. The van der Waals surface area contributed by atoms with Gasteiger partial charge in [0.25, 0.3) is 0 Å². The topological polar surface area (TPSA) is 66.9 Å². The van der Waals surface area contributed by atoms with Crippen LogP contribution in [0.2, 0.25) is 0 Å². The molecule has 0 spiro atoms. The minimum Gasteiger partial charge on any atom is -0.340 e. The molecule has 0 aliphatic carbocycles. The molecular weight excluding hydrogens is 387 g/mol. The summed E-state index contributed by atoms with van der Waals surface area (Å²) in [4.78, 5) is 20.0. The fourth-order valence-electron chi connectivity index (χ4n) is 2.30. The summed E-state index contributed by atoms with van der Waals surface area (Å²) in [6.07, 6.45) is 4.27. The number of amides is 1. The van der Waals surface area contributed by atoms with Gasteiger partial charge in [-0.1, -0.05) is 28.1 Å². The number of nitrogens with zero attached hydrogens (tertiary/aromatic N) is 2.